The molecule has 0 unspecified atom stereocenters. The molecular weight excluding hydrogens is 251 g/mol. The molecule has 0 spiro atoms. The molecule has 1 aromatic carbocycles. The molecule has 0 aliphatic rings. The van der Waals surface area contributed by atoms with Crippen LogP contribution in [0, 0.1) is 0 Å². The Hall–Kier alpha value is -0.800. The summed E-state index contributed by atoms with van der Waals surface area (Å²) in [5.41, 5.74) is 1.78. The summed E-state index contributed by atoms with van der Waals surface area (Å²) in [5.74, 6) is 0. The van der Waals surface area contributed by atoms with Gasteiger partial charge in [-0.15, -0.1) is 0 Å². The van der Waals surface area contributed by atoms with Gasteiger partial charge in [0.1, 0.15) is 10.8 Å². The van der Waals surface area contributed by atoms with Gasteiger partial charge in [-0.1, -0.05) is 41.9 Å². The maximum atomic E-state index is 5.93. The average molecular weight is 258 g/mol. The van der Waals surface area contributed by atoms with Gasteiger partial charge in [0, 0.05) is 5.56 Å². The smallest absolute Gasteiger partial charge is 0.176 e. The summed E-state index contributed by atoms with van der Waals surface area (Å²) in [7, 11) is 0. The zero-order valence-electron chi connectivity index (χ0n) is 6.59. The van der Waals surface area contributed by atoms with Crippen LogP contribution in [0.3, 0.4) is 0 Å². The number of imidazole rings is 1. The van der Waals surface area contributed by atoms with E-state index >= 15 is 0 Å². The number of halogens is 2. The Balaban J connectivity index is 2.53. The van der Waals surface area contributed by atoms with Crippen molar-refractivity contribution in [3.63, 3.8) is 0 Å². The van der Waals surface area contributed by atoms with Crippen LogP contribution in [0.5, 0.6) is 0 Å². The highest BCUT2D eigenvalue weighted by molar-refractivity contribution is 9.10. The maximum Gasteiger partial charge on any atom is 0.176 e. The first kappa shape index (κ1) is 8.78. The van der Waals surface area contributed by atoms with Crippen LogP contribution in [-0.2, 0) is 0 Å². The molecule has 66 valence electrons. The van der Waals surface area contributed by atoms with Gasteiger partial charge in [-0.2, -0.15) is 0 Å². The third-order valence-corrected chi connectivity index (χ3v) is 2.33. The Morgan fingerprint density at radius 1 is 1.23 bits per heavy atom. The van der Waals surface area contributed by atoms with Crippen molar-refractivity contribution in [2.24, 2.45) is 0 Å². The zero-order valence-corrected chi connectivity index (χ0v) is 8.93. The van der Waals surface area contributed by atoms with Crippen molar-refractivity contribution in [2.75, 3.05) is 0 Å². The van der Waals surface area contributed by atoms with E-state index in [9.17, 15) is 0 Å². The number of aromatic nitrogens is 2. The largest absolute Gasteiger partial charge is 0.323 e. The number of nitrogens with one attached hydrogen (secondary N) is 1. The van der Waals surface area contributed by atoms with E-state index in [-0.39, 0.29) is 0 Å². The maximum absolute atomic E-state index is 5.93. The van der Waals surface area contributed by atoms with Crippen molar-refractivity contribution in [3.8, 4) is 11.3 Å². The molecule has 0 aliphatic carbocycles. The third kappa shape index (κ3) is 1.76. The summed E-state index contributed by atoms with van der Waals surface area (Å²) in [4.78, 5) is 7.09. The molecule has 0 saturated carbocycles. The minimum absolute atomic E-state index is 0.554. The van der Waals surface area contributed by atoms with Gasteiger partial charge in [-0.3, -0.25) is 0 Å². The molecule has 2 rings (SSSR count). The highest BCUT2D eigenvalue weighted by atomic mass is 79.9. The first-order valence-corrected chi connectivity index (χ1v) is 4.91. The Labute approximate surface area is 89.1 Å². The second-order valence-corrected chi connectivity index (χ2v) is 3.69. The van der Waals surface area contributed by atoms with Gasteiger partial charge < -0.3 is 4.98 Å². The Morgan fingerprint density at radius 3 is 2.46 bits per heavy atom. The zero-order chi connectivity index (χ0) is 9.26. The highest BCUT2D eigenvalue weighted by Crippen LogP contribution is 2.26. The number of aromatic amines is 1. The van der Waals surface area contributed by atoms with Crippen LogP contribution in [0.1, 0.15) is 0 Å². The summed E-state index contributed by atoms with van der Waals surface area (Å²) in [6.45, 7) is 0. The monoisotopic (exact) mass is 256 g/mol. The second-order valence-electron chi connectivity index (χ2n) is 2.56. The Morgan fingerprint density at radius 2 is 1.92 bits per heavy atom. The predicted octanol–water partition coefficient (Wildman–Crippen LogP) is 3.49. The van der Waals surface area contributed by atoms with Crippen molar-refractivity contribution in [1.82, 2.24) is 9.97 Å². The number of benzene rings is 1. The van der Waals surface area contributed by atoms with Crippen LogP contribution < -0.4 is 0 Å². The van der Waals surface area contributed by atoms with E-state index in [1.807, 2.05) is 30.3 Å². The van der Waals surface area contributed by atoms with Crippen LogP contribution >= 0.6 is 27.5 Å². The molecule has 0 aliphatic heterocycles. The van der Waals surface area contributed by atoms with E-state index in [0.29, 0.717) is 9.89 Å². The van der Waals surface area contributed by atoms with Crippen molar-refractivity contribution >= 4 is 27.5 Å². The lowest BCUT2D eigenvalue weighted by molar-refractivity contribution is 1.24. The summed E-state index contributed by atoms with van der Waals surface area (Å²) >= 11 is 9.16. The molecule has 0 amide bonds. The molecule has 0 atom stereocenters. The van der Waals surface area contributed by atoms with Crippen molar-refractivity contribution in [2.45, 2.75) is 0 Å². The lowest BCUT2D eigenvalue weighted by Gasteiger charge is -1.94. The van der Waals surface area contributed by atoms with Crippen molar-refractivity contribution in [3.05, 3.63) is 40.2 Å². The molecule has 2 aromatic rings. The van der Waals surface area contributed by atoms with E-state index in [0.717, 1.165) is 11.3 Å². The molecule has 4 heteroatoms. The molecule has 0 saturated heterocycles. The highest BCUT2D eigenvalue weighted by Gasteiger charge is 2.07. The van der Waals surface area contributed by atoms with E-state index in [4.69, 9.17) is 11.6 Å². The first-order valence-electron chi connectivity index (χ1n) is 3.74. The van der Waals surface area contributed by atoms with Gasteiger partial charge in [-0.25, -0.2) is 4.98 Å². The van der Waals surface area contributed by atoms with Crippen LogP contribution in [0.25, 0.3) is 11.3 Å². The molecule has 0 fully saturated rings. The van der Waals surface area contributed by atoms with E-state index in [1.54, 1.807) is 0 Å². The average Bonchev–Trinajstić information content (AvgIpc) is 2.47. The molecule has 0 radical (unpaired) electrons. The van der Waals surface area contributed by atoms with Crippen LogP contribution in [0.2, 0.25) is 5.15 Å². The van der Waals surface area contributed by atoms with Crippen molar-refractivity contribution < 1.29 is 0 Å². The summed E-state index contributed by atoms with van der Waals surface area (Å²) < 4.78 is 0.649. The fraction of sp³-hybridized carbons (Fsp3) is 0. The summed E-state index contributed by atoms with van der Waals surface area (Å²) in [6, 6.07) is 9.80. The topological polar surface area (TPSA) is 28.7 Å². The molecular formula is C9H6BrClN2. The number of hydrogen-bond donors (Lipinski definition) is 1. The van der Waals surface area contributed by atoms with Crippen LogP contribution in [-0.4, -0.2) is 9.97 Å². The minimum atomic E-state index is 0.554. The normalized spacial score (nSPS) is 10.3. The number of hydrogen-bond acceptors (Lipinski definition) is 1. The fourth-order valence-electron chi connectivity index (χ4n) is 1.11. The summed E-state index contributed by atoms with van der Waals surface area (Å²) in [5, 5.41) is 0.554. The number of rotatable bonds is 1. The SMILES string of the molecule is Clc1[nH]c(Br)nc1-c1ccccc1. The minimum Gasteiger partial charge on any atom is -0.323 e. The Bertz CT molecular complexity index is 411. The third-order valence-electron chi connectivity index (χ3n) is 1.68. The molecule has 0 bridgehead atoms. The molecule has 1 N–H and O–H groups in total. The predicted molar refractivity (Wildman–Crippen MR) is 56.7 cm³/mol. The fourth-order valence-corrected chi connectivity index (χ4v) is 1.84. The quantitative estimate of drug-likeness (QED) is 0.832. The van der Waals surface area contributed by atoms with Crippen LogP contribution in [0.15, 0.2) is 35.1 Å². The molecule has 1 aromatic heterocycles. The van der Waals surface area contributed by atoms with Gasteiger partial charge >= 0.3 is 0 Å². The molecule has 2 nitrogen and oxygen atoms in total. The standard InChI is InChI=1S/C9H6BrClN2/c10-9-12-7(8(11)13-9)6-4-2-1-3-5-6/h1-5H,(H,12,13). The lowest BCUT2D eigenvalue weighted by atomic mass is 10.2. The molecule has 1 heterocycles. The van der Waals surface area contributed by atoms with Crippen molar-refractivity contribution in [1.29, 1.82) is 0 Å². The van der Waals surface area contributed by atoms with Crippen LogP contribution in [0.4, 0.5) is 0 Å². The van der Waals surface area contributed by atoms with E-state index < -0.39 is 0 Å². The Kier molecular flexibility index (Phi) is 2.38. The van der Waals surface area contributed by atoms with Gasteiger partial charge in [0.25, 0.3) is 0 Å². The summed E-state index contributed by atoms with van der Waals surface area (Å²) in [6.07, 6.45) is 0. The number of H-pyrrole nitrogens is 1. The van der Waals surface area contributed by atoms with Gasteiger partial charge in [-0.05, 0) is 15.9 Å². The second kappa shape index (κ2) is 3.52. The number of nitrogens with zero attached hydrogens (tertiary/aromatic N) is 1. The van der Waals surface area contributed by atoms with Gasteiger partial charge in [0.2, 0.25) is 0 Å². The first-order chi connectivity index (χ1) is 6.27. The van der Waals surface area contributed by atoms with Gasteiger partial charge in [0.15, 0.2) is 4.73 Å². The lowest BCUT2D eigenvalue weighted by Crippen LogP contribution is -1.76. The van der Waals surface area contributed by atoms with Gasteiger partial charge in [0.05, 0.1) is 0 Å². The molecule has 13 heavy (non-hydrogen) atoms. The van der Waals surface area contributed by atoms with E-state index in [2.05, 4.69) is 25.9 Å². The van der Waals surface area contributed by atoms with E-state index in [1.165, 1.54) is 0 Å².